The predicted octanol–water partition coefficient (Wildman–Crippen LogP) is 0.459. The van der Waals surface area contributed by atoms with Crippen LogP contribution >= 0.6 is 0 Å². The fourth-order valence-electron chi connectivity index (χ4n) is 1.18. The van der Waals surface area contributed by atoms with Crippen LogP contribution in [0.5, 0.6) is 0 Å². The van der Waals surface area contributed by atoms with Crippen molar-refractivity contribution in [1.82, 2.24) is 4.90 Å². The van der Waals surface area contributed by atoms with Gasteiger partial charge in [0, 0.05) is 13.0 Å². The minimum Gasteiger partial charge on any atom is -0.411 e. The topological polar surface area (TPSA) is 52.9 Å². The summed E-state index contributed by atoms with van der Waals surface area (Å²) in [6.07, 6.45) is 1.57. The summed E-state index contributed by atoms with van der Waals surface area (Å²) in [6, 6.07) is 0. The Hall–Kier alpha value is -1.06. The van der Waals surface area contributed by atoms with Crippen LogP contribution in [0, 0.1) is 0 Å². The van der Waals surface area contributed by atoms with Crippen molar-refractivity contribution in [1.29, 1.82) is 0 Å². The molecule has 1 fully saturated rings. The molecule has 0 radical (unpaired) electrons. The Kier molecular flexibility index (Phi) is 2.46. The van der Waals surface area contributed by atoms with Crippen LogP contribution in [0.2, 0.25) is 0 Å². The van der Waals surface area contributed by atoms with Gasteiger partial charge in [-0.15, -0.1) is 0 Å². The highest BCUT2D eigenvalue weighted by Crippen LogP contribution is 2.08. The maximum Gasteiger partial charge on any atom is 0.222 e. The summed E-state index contributed by atoms with van der Waals surface area (Å²) in [6.45, 7) is 2.96. The van der Waals surface area contributed by atoms with Crippen LogP contribution in [0.4, 0.5) is 0 Å². The molecular formula is C7H12N2O2. The molecule has 1 heterocycles. The van der Waals surface area contributed by atoms with Crippen molar-refractivity contribution in [3.63, 3.8) is 0 Å². The lowest BCUT2D eigenvalue weighted by Crippen LogP contribution is -2.29. The average molecular weight is 156 g/mol. The van der Waals surface area contributed by atoms with Gasteiger partial charge in [-0.25, -0.2) is 0 Å². The molecule has 0 bridgehead atoms. The highest BCUT2D eigenvalue weighted by molar-refractivity contribution is 5.88. The van der Waals surface area contributed by atoms with Crippen LogP contribution in [0.25, 0.3) is 0 Å². The van der Waals surface area contributed by atoms with E-state index in [1.165, 1.54) is 0 Å². The van der Waals surface area contributed by atoms with E-state index in [0.29, 0.717) is 18.7 Å². The van der Waals surface area contributed by atoms with Crippen molar-refractivity contribution >= 4 is 11.6 Å². The van der Waals surface area contributed by atoms with Gasteiger partial charge in [0.25, 0.3) is 0 Å². The van der Waals surface area contributed by atoms with Crippen LogP contribution in [0.15, 0.2) is 5.16 Å². The summed E-state index contributed by atoms with van der Waals surface area (Å²) >= 11 is 0. The number of hydrogen-bond donors (Lipinski definition) is 1. The lowest BCUT2D eigenvalue weighted by atomic mass is 10.4. The van der Waals surface area contributed by atoms with Crippen LogP contribution in [-0.2, 0) is 4.79 Å². The number of nitrogens with zero attached hydrogens (tertiary/aromatic N) is 2. The molecule has 1 saturated heterocycles. The van der Waals surface area contributed by atoms with Crippen molar-refractivity contribution in [2.45, 2.75) is 19.8 Å². The Bertz CT molecular complexity index is 189. The summed E-state index contributed by atoms with van der Waals surface area (Å²) in [4.78, 5) is 12.7. The summed E-state index contributed by atoms with van der Waals surface area (Å²) < 4.78 is 0. The van der Waals surface area contributed by atoms with Crippen molar-refractivity contribution < 1.29 is 10.0 Å². The average Bonchev–Trinajstić information content (AvgIpc) is 2.37. The van der Waals surface area contributed by atoms with Gasteiger partial charge < -0.3 is 10.1 Å². The van der Waals surface area contributed by atoms with E-state index >= 15 is 0 Å². The number of carbonyl (C=O) groups excluding carboxylic acids is 1. The molecule has 0 spiro atoms. The Morgan fingerprint density at radius 3 is 3.00 bits per heavy atom. The molecule has 1 amide bonds. The highest BCUT2D eigenvalue weighted by Gasteiger charge is 2.20. The zero-order valence-corrected chi connectivity index (χ0v) is 6.58. The molecule has 0 aliphatic carbocycles. The molecule has 0 unspecified atom stereocenters. The molecule has 1 rings (SSSR count). The van der Waals surface area contributed by atoms with Gasteiger partial charge >= 0.3 is 0 Å². The Balaban J connectivity index is 2.43. The smallest absolute Gasteiger partial charge is 0.222 e. The molecular weight excluding hydrogens is 144 g/mol. The fraction of sp³-hybridized carbons (Fsp3) is 0.714. The SMILES string of the molecule is C/C(CN1CCCC1=O)=N/O. The lowest BCUT2D eigenvalue weighted by Gasteiger charge is -2.13. The molecule has 1 aliphatic rings. The minimum atomic E-state index is 0.160. The second kappa shape index (κ2) is 3.37. The van der Waals surface area contributed by atoms with Crippen molar-refractivity contribution in [2.75, 3.05) is 13.1 Å². The Labute approximate surface area is 65.5 Å². The number of carbonyl (C=O) groups is 1. The normalized spacial score (nSPS) is 19.5. The van der Waals surface area contributed by atoms with Gasteiger partial charge in [-0.3, -0.25) is 4.79 Å². The van der Waals surface area contributed by atoms with Crippen LogP contribution in [0.1, 0.15) is 19.8 Å². The second-order valence-electron chi connectivity index (χ2n) is 2.75. The largest absolute Gasteiger partial charge is 0.411 e. The maximum absolute atomic E-state index is 11.0. The molecule has 11 heavy (non-hydrogen) atoms. The molecule has 0 aromatic rings. The predicted molar refractivity (Wildman–Crippen MR) is 40.7 cm³/mol. The van der Waals surface area contributed by atoms with Crippen molar-refractivity contribution in [2.24, 2.45) is 5.16 Å². The van der Waals surface area contributed by atoms with Gasteiger partial charge in [0.1, 0.15) is 0 Å². The van der Waals surface area contributed by atoms with E-state index in [4.69, 9.17) is 5.21 Å². The summed E-state index contributed by atoms with van der Waals surface area (Å²) in [5, 5.41) is 11.3. The molecule has 4 heteroatoms. The van der Waals surface area contributed by atoms with Crippen molar-refractivity contribution in [3.8, 4) is 0 Å². The third-order valence-electron chi connectivity index (χ3n) is 1.76. The van der Waals surface area contributed by atoms with Crippen LogP contribution in [-0.4, -0.2) is 34.8 Å². The van der Waals surface area contributed by atoms with E-state index in [1.807, 2.05) is 0 Å². The molecule has 0 atom stereocenters. The summed E-state index contributed by atoms with van der Waals surface area (Å²) in [5.41, 5.74) is 0.584. The number of amides is 1. The highest BCUT2D eigenvalue weighted by atomic mass is 16.4. The zero-order valence-electron chi connectivity index (χ0n) is 6.58. The quantitative estimate of drug-likeness (QED) is 0.358. The summed E-state index contributed by atoms with van der Waals surface area (Å²) in [7, 11) is 0. The molecule has 0 saturated carbocycles. The lowest BCUT2D eigenvalue weighted by molar-refractivity contribution is -0.127. The van der Waals surface area contributed by atoms with E-state index in [2.05, 4.69) is 5.16 Å². The molecule has 4 nitrogen and oxygen atoms in total. The maximum atomic E-state index is 11.0. The first-order valence-electron chi connectivity index (χ1n) is 3.69. The zero-order chi connectivity index (χ0) is 8.27. The standard InChI is InChI=1S/C7H12N2O2/c1-6(8-11)5-9-4-2-3-7(9)10/h11H,2-5H2,1H3/b8-6-. The van der Waals surface area contributed by atoms with E-state index in [-0.39, 0.29) is 5.91 Å². The first-order chi connectivity index (χ1) is 5.24. The van der Waals surface area contributed by atoms with E-state index in [9.17, 15) is 4.79 Å². The van der Waals surface area contributed by atoms with Crippen LogP contribution < -0.4 is 0 Å². The first kappa shape index (κ1) is 8.04. The third-order valence-corrected chi connectivity index (χ3v) is 1.76. The second-order valence-corrected chi connectivity index (χ2v) is 2.75. The fourth-order valence-corrected chi connectivity index (χ4v) is 1.18. The number of likely N-dealkylation sites (tertiary alicyclic amines) is 1. The molecule has 62 valence electrons. The Morgan fingerprint density at radius 2 is 2.55 bits per heavy atom. The minimum absolute atomic E-state index is 0.160. The number of rotatable bonds is 2. The third kappa shape index (κ3) is 1.93. The molecule has 1 N–H and O–H groups in total. The monoisotopic (exact) mass is 156 g/mol. The van der Waals surface area contributed by atoms with E-state index in [0.717, 1.165) is 13.0 Å². The van der Waals surface area contributed by atoms with Gasteiger partial charge in [-0.05, 0) is 13.3 Å². The van der Waals surface area contributed by atoms with Crippen LogP contribution in [0.3, 0.4) is 0 Å². The summed E-state index contributed by atoms with van der Waals surface area (Å²) in [5.74, 6) is 0.160. The van der Waals surface area contributed by atoms with Gasteiger partial charge in [0.05, 0.1) is 12.3 Å². The number of oxime groups is 1. The van der Waals surface area contributed by atoms with E-state index in [1.54, 1.807) is 11.8 Å². The van der Waals surface area contributed by atoms with Gasteiger partial charge in [-0.1, -0.05) is 5.16 Å². The van der Waals surface area contributed by atoms with E-state index < -0.39 is 0 Å². The van der Waals surface area contributed by atoms with Gasteiger partial charge in [-0.2, -0.15) is 0 Å². The van der Waals surface area contributed by atoms with Gasteiger partial charge in [0.2, 0.25) is 5.91 Å². The number of hydrogen-bond acceptors (Lipinski definition) is 3. The molecule has 0 aromatic heterocycles. The Morgan fingerprint density at radius 1 is 1.82 bits per heavy atom. The molecule has 1 aliphatic heterocycles. The van der Waals surface area contributed by atoms with Gasteiger partial charge in [0.15, 0.2) is 0 Å². The molecule has 0 aromatic carbocycles. The first-order valence-corrected chi connectivity index (χ1v) is 3.69. The van der Waals surface area contributed by atoms with Crippen molar-refractivity contribution in [3.05, 3.63) is 0 Å².